The lowest BCUT2D eigenvalue weighted by Gasteiger charge is -2.20. The molecule has 1 saturated heterocycles. The first kappa shape index (κ1) is 13.6. The molecule has 100 valence electrons. The largest absolute Gasteiger partial charge is 0.421 e. The molecule has 1 aliphatic heterocycles. The molecule has 0 aromatic carbocycles. The lowest BCUT2D eigenvalue weighted by molar-refractivity contribution is 0.193. The molecule has 1 aliphatic carbocycles. The van der Waals surface area contributed by atoms with E-state index in [-0.39, 0.29) is 9.76 Å². The van der Waals surface area contributed by atoms with Gasteiger partial charge in [-0.25, -0.2) is 0 Å². The summed E-state index contributed by atoms with van der Waals surface area (Å²) in [6.45, 7) is 4.50. The van der Waals surface area contributed by atoms with E-state index in [1.165, 1.54) is 51.0 Å². The van der Waals surface area contributed by atoms with Gasteiger partial charge >= 0.3 is 0 Å². The second kappa shape index (κ2) is 6.91. The van der Waals surface area contributed by atoms with Crippen molar-refractivity contribution >= 4 is 9.76 Å². The molecule has 1 heterocycles. The fraction of sp³-hybridized carbons (Fsp3) is 1.00. The maximum Gasteiger partial charge on any atom is 0.161 e. The molecule has 1 saturated carbocycles. The standard InChI is InChI=1S/C14H28O2Si/c1-3-5-12(4-2)16-17-9-8-11-6-7-13-14(10-11)15-13/h11-14H,3-10,17H2,1-2H3. The fourth-order valence-electron chi connectivity index (χ4n) is 3.10. The zero-order chi connectivity index (χ0) is 12.1. The van der Waals surface area contributed by atoms with Gasteiger partial charge in [0.15, 0.2) is 9.76 Å². The number of hydrogen-bond donors (Lipinski definition) is 0. The van der Waals surface area contributed by atoms with E-state index < -0.39 is 0 Å². The maximum absolute atomic E-state index is 6.07. The van der Waals surface area contributed by atoms with E-state index in [0.29, 0.717) is 18.3 Å². The maximum atomic E-state index is 6.07. The molecular formula is C14H28O2Si. The summed E-state index contributed by atoms with van der Waals surface area (Å²) in [5.41, 5.74) is 0. The normalized spacial score (nSPS) is 33.9. The summed E-state index contributed by atoms with van der Waals surface area (Å²) in [6.07, 6.45) is 11.1. The van der Waals surface area contributed by atoms with Crippen LogP contribution in [0.5, 0.6) is 0 Å². The van der Waals surface area contributed by atoms with Crippen LogP contribution in [0.25, 0.3) is 0 Å². The average molecular weight is 256 g/mol. The summed E-state index contributed by atoms with van der Waals surface area (Å²) in [4.78, 5) is 0. The molecule has 0 radical (unpaired) electrons. The molecule has 2 nitrogen and oxygen atoms in total. The SMILES string of the molecule is CCCC(CC)O[SiH2]CCC1CCC2OC2C1. The molecule has 4 unspecified atom stereocenters. The van der Waals surface area contributed by atoms with Crippen LogP contribution in [0.4, 0.5) is 0 Å². The first-order valence-electron chi connectivity index (χ1n) is 7.60. The molecule has 3 heteroatoms. The highest BCUT2D eigenvalue weighted by molar-refractivity contribution is 6.27. The molecule has 0 N–H and O–H groups in total. The van der Waals surface area contributed by atoms with Crippen LogP contribution in [0.1, 0.15) is 58.8 Å². The Bertz CT molecular complexity index is 222. The molecular weight excluding hydrogens is 228 g/mol. The van der Waals surface area contributed by atoms with Crippen molar-refractivity contribution in [2.24, 2.45) is 5.92 Å². The third kappa shape index (κ3) is 4.38. The van der Waals surface area contributed by atoms with Crippen LogP contribution < -0.4 is 0 Å². The number of epoxide rings is 1. The van der Waals surface area contributed by atoms with Crippen molar-refractivity contribution in [3.05, 3.63) is 0 Å². The van der Waals surface area contributed by atoms with Crippen LogP contribution in [0.15, 0.2) is 0 Å². The van der Waals surface area contributed by atoms with E-state index >= 15 is 0 Å². The molecule has 2 rings (SSSR count). The highest BCUT2D eigenvalue weighted by Crippen LogP contribution is 2.40. The summed E-state index contributed by atoms with van der Waals surface area (Å²) < 4.78 is 11.6. The molecule has 0 bridgehead atoms. The van der Waals surface area contributed by atoms with Crippen molar-refractivity contribution in [3.8, 4) is 0 Å². The summed E-state index contributed by atoms with van der Waals surface area (Å²) in [6, 6.07) is 1.38. The Balaban J connectivity index is 1.50. The first-order valence-corrected chi connectivity index (χ1v) is 9.18. The molecule has 2 fully saturated rings. The van der Waals surface area contributed by atoms with E-state index in [9.17, 15) is 0 Å². The Labute approximate surface area is 108 Å². The predicted molar refractivity (Wildman–Crippen MR) is 74.0 cm³/mol. The second-order valence-corrected chi connectivity index (χ2v) is 7.17. The smallest absolute Gasteiger partial charge is 0.161 e. The van der Waals surface area contributed by atoms with E-state index in [1.807, 2.05) is 0 Å². The third-order valence-corrected chi connectivity index (χ3v) is 5.69. The minimum Gasteiger partial charge on any atom is -0.421 e. The van der Waals surface area contributed by atoms with Gasteiger partial charge in [0.1, 0.15) is 0 Å². The van der Waals surface area contributed by atoms with Crippen LogP contribution >= 0.6 is 0 Å². The van der Waals surface area contributed by atoms with Crippen molar-refractivity contribution in [1.29, 1.82) is 0 Å². The second-order valence-electron chi connectivity index (χ2n) is 5.72. The van der Waals surface area contributed by atoms with Gasteiger partial charge in [0, 0.05) is 6.10 Å². The molecule has 2 aliphatic rings. The van der Waals surface area contributed by atoms with E-state index in [2.05, 4.69) is 13.8 Å². The summed E-state index contributed by atoms with van der Waals surface area (Å²) in [5.74, 6) is 0.945. The quantitative estimate of drug-likeness (QED) is 0.378. The lowest BCUT2D eigenvalue weighted by Crippen LogP contribution is -2.17. The predicted octanol–water partition coefficient (Wildman–Crippen LogP) is 3.04. The number of hydrogen-bond acceptors (Lipinski definition) is 2. The molecule has 0 spiro atoms. The number of fused-ring (bicyclic) bond motifs is 1. The van der Waals surface area contributed by atoms with E-state index in [4.69, 9.17) is 9.16 Å². The van der Waals surface area contributed by atoms with Gasteiger partial charge in [0.25, 0.3) is 0 Å². The van der Waals surface area contributed by atoms with Gasteiger partial charge in [-0.15, -0.1) is 0 Å². The van der Waals surface area contributed by atoms with Crippen LogP contribution in [0.3, 0.4) is 0 Å². The topological polar surface area (TPSA) is 21.8 Å². The minimum absolute atomic E-state index is 0.257. The van der Waals surface area contributed by atoms with Gasteiger partial charge in [0.05, 0.1) is 12.2 Å². The fourth-order valence-corrected chi connectivity index (χ4v) is 4.74. The number of rotatable bonds is 8. The highest BCUT2D eigenvalue weighted by atomic mass is 28.2. The minimum atomic E-state index is -0.257. The molecule has 0 aromatic rings. The van der Waals surface area contributed by atoms with Gasteiger partial charge < -0.3 is 9.16 Å². The van der Waals surface area contributed by atoms with E-state index in [0.717, 1.165) is 5.92 Å². The molecule has 0 aromatic heterocycles. The zero-order valence-electron chi connectivity index (χ0n) is 11.5. The summed E-state index contributed by atoms with van der Waals surface area (Å²) in [7, 11) is -0.257. The Morgan fingerprint density at radius 1 is 1.29 bits per heavy atom. The number of ether oxygens (including phenoxy) is 1. The molecule has 4 atom stereocenters. The van der Waals surface area contributed by atoms with Gasteiger partial charge in [-0.3, -0.25) is 0 Å². The highest BCUT2D eigenvalue weighted by Gasteiger charge is 2.43. The van der Waals surface area contributed by atoms with Crippen LogP contribution in [0.2, 0.25) is 6.04 Å². The summed E-state index contributed by atoms with van der Waals surface area (Å²) >= 11 is 0. The third-order valence-electron chi connectivity index (χ3n) is 4.29. The van der Waals surface area contributed by atoms with Crippen LogP contribution in [-0.4, -0.2) is 28.1 Å². The van der Waals surface area contributed by atoms with E-state index in [1.54, 1.807) is 0 Å². The van der Waals surface area contributed by atoms with Crippen molar-refractivity contribution in [2.45, 2.75) is 83.1 Å². The Kier molecular flexibility index (Phi) is 5.51. The van der Waals surface area contributed by atoms with Gasteiger partial charge in [-0.1, -0.05) is 26.7 Å². The van der Waals surface area contributed by atoms with Gasteiger partial charge in [-0.05, 0) is 44.1 Å². The average Bonchev–Trinajstić information content (AvgIpc) is 3.11. The van der Waals surface area contributed by atoms with Crippen molar-refractivity contribution < 1.29 is 9.16 Å². The first-order chi connectivity index (χ1) is 8.33. The monoisotopic (exact) mass is 256 g/mol. The molecule has 17 heavy (non-hydrogen) atoms. The van der Waals surface area contributed by atoms with Crippen LogP contribution in [-0.2, 0) is 9.16 Å². The van der Waals surface area contributed by atoms with Crippen LogP contribution in [0, 0.1) is 5.92 Å². The zero-order valence-corrected chi connectivity index (χ0v) is 12.9. The Morgan fingerprint density at radius 2 is 2.18 bits per heavy atom. The van der Waals surface area contributed by atoms with Crippen molar-refractivity contribution in [2.75, 3.05) is 0 Å². The van der Waals surface area contributed by atoms with Gasteiger partial charge in [0.2, 0.25) is 0 Å². The Morgan fingerprint density at radius 3 is 2.88 bits per heavy atom. The van der Waals surface area contributed by atoms with Crippen molar-refractivity contribution in [3.63, 3.8) is 0 Å². The lowest BCUT2D eigenvalue weighted by atomic mass is 9.88. The Hall–Kier alpha value is 0.137. The van der Waals surface area contributed by atoms with Gasteiger partial charge in [-0.2, -0.15) is 0 Å². The van der Waals surface area contributed by atoms with Crippen molar-refractivity contribution in [1.82, 2.24) is 0 Å². The summed E-state index contributed by atoms with van der Waals surface area (Å²) in [5, 5.41) is 0. The molecule has 0 amide bonds.